The zero-order valence-electron chi connectivity index (χ0n) is 15.3. The van der Waals surface area contributed by atoms with Crippen molar-refractivity contribution in [3.05, 3.63) is 0 Å². The average Bonchev–Trinajstić information content (AvgIpc) is 3.02. The number of nitrogens with zero attached hydrogens (tertiary/aromatic N) is 2. The largest absolute Gasteiger partial charge is 0.392 e. The van der Waals surface area contributed by atoms with Crippen LogP contribution in [0, 0.1) is 0 Å². The lowest BCUT2D eigenvalue weighted by molar-refractivity contribution is -0.138. The Morgan fingerprint density at radius 1 is 1.28 bits per heavy atom. The van der Waals surface area contributed by atoms with Crippen LogP contribution in [0.4, 0.5) is 0 Å². The van der Waals surface area contributed by atoms with Crippen LogP contribution in [0.25, 0.3) is 0 Å². The van der Waals surface area contributed by atoms with Crippen molar-refractivity contribution in [2.45, 2.75) is 44.4 Å². The first-order chi connectivity index (χ1) is 12.1. The minimum Gasteiger partial charge on any atom is -0.392 e. The number of nitrogens with one attached hydrogen (secondary N) is 1. The number of methoxy groups -OCH3 is 1. The third-order valence-corrected chi connectivity index (χ3v) is 4.94. The second-order valence-electron chi connectivity index (χ2n) is 6.64. The molecule has 2 amide bonds. The third kappa shape index (κ3) is 5.64. The molecule has 25 heavy (non-hydrogen) atoms. The van der Waals surface area contributed by atoms with Gasteiger partial charge in [-0.1, -0.05) is 0 Å². The molecule has 0 saturated carbocycles. The van der Waals surface area contributed by atoms with E-state index in [1.165, 1.54) is 0 Å². The molecule has 0 aromatic heterocycles. The van der Waals surface area contributed by atoms with Gasteiger partial charge >= 0.3 is 0 Å². The molecule has 144 valence electrons. The van der Waals surface area contributed by atoms with Gasteiger partial charge in [-0.15, -0.1) is 0 Å². The summed E-state index contributed by atoms with van der Waals surface area (Å²) in [5.74, 6) is -0.0286. The molecule has 2 heterocycles. The number of piperidine rings is 1. The summed E-state index contributed by atoms with van der Waals surface area (Å²) in [6, 6.07) is -0.0889. The Kier molecular flexibility index (Phi) is 8.08. The maximum Gasteiger partial charge on any atom is 0.248 e. The zero-order valence-corrected chi connectivity index (χ0v) is 15.3. The van der Waals surface area contributed by atoms with Gasteiger partial charge < -0.3 is 24.8 Å². The summed E-state index contributed by atoms with van der Waals surface area (Å²) >= 11 is 0. The van der Waals surface area contributed by atoms with Gasteiger partial charge in [0.15, 0.2) is 0 Å². The molecule has 0 radical (unpaired) electrons. The van der Waals surface area contributed by atoms with E-state index >= 15 is 0 Å². The van der Waals surface area contributed by atoms with Gasteiger partial charge in [-0.05, 0) is 26.2 Å². The van der Waals surface area contributed by atoms with Crippen molar-refractivity contribution >= 4 is 11.8 Å². The molecule has 2 aliphatic rings. The highest BCUT2D eigenvalue weighted by molar-refractivity contribution is 5.82. The number of amides is 2. The van der Waals surface area contributed by atoms with Crippen LogP contribution in [-0.2, 0) is 19.1 Å². The lowest BCUT2D eigenvalue weighted by atomic mass is 10.0. The molecule has 2 fully saturated rings. The van der Waals surface area contributed by atoms with Crippen molar-refractivity contribution in [2.24, 2.45) is 0 Å². The predicted octanol–water partition coefficient (Wildman–Crippen LogP) is -0.788. The van der Waals surface area contributed by atoms with Crippen LogP contribution in [0.5, 0.6) is 0 Å². The Morgan fingerprint density at radius 2 is 2.00 bits per heavy atom. The van der Waals surface area contributed by atoms with E-state index in [1.807, 2.05) is 11.8 Å². The maximum atomic E-state index is 12.4. The second kappa shape index (κ2) is 10.1. The zero-order chi connectivity index (χ0) is 18.2. The van der Waals surface area contributed by atoms with Gasteiger partial charge in [0.1, 0.15) is 6.61 Å². The van der Waals surface area contributed by atoms with E-state index < -0.39 is 6.10 Å². The van der Waals surface area contributed by atoms with Crippen molar-refractivity contribution < 1.29 is 24.2 Å². The van der Waals surface area contributed by atoms with Gasteiger partial charge in [-0.25, -0.2) is 0 Å². The number of aliphatic hydroxyl groups excluding tert-OH is 1. The van der Waals surface area contributed by atoms with Gasteiger partial charge in [0.2, 0.25) is 11.8 Å². The standard InChI is InChI=1S/C17H31N3O5/c1-3-25-12-16(22)19-7-4-13(5-8-19)20-11-14(21)10-15(20)17(23)18-6-9-24-2/h13-15,21H,3-12H2,1-2H3,(H,18,23)/t14-,15+/m1/s1. The summed E-state index contributed by atoms with van der Waals surface area (Å²) in [5.41, 5.74) is 0. The van der Waals surface area contributed by atoms with E-state index in [-0.39, 0.29) is 30.5 Å². The molecule has 2 atom stereocenters. The van der Waals surface area contributed by atoms with Gasteiger partial charge in [0.25, 0.3) is 0 Å². The number of hydrogen-bond acceptors (Lipinski definition) is 6. The summed E-state index contributed by atoms with van der Waals surface area (Å²) in [6.45, 7) is 5.33. The number of aliphatic hydroxyl groups is 1. The number of ether oxygens (including phenoxy) is 2. The third-order valence-electron chi connectivity index (χ3n) is 4.94. The van der Waals surface area contributed by atoms with E-state index in [2.05, 4.69) is 10.2 Å². The minimum atomic E-state index is -0.476. The molecule has 0 spiro atoms. The van der Waals surface area contributed by atoms with Crippen LogP contribution < -0.4 is 5.32 Å². The first kappa shape index (κ1) is 20.1. The van der Waals surface area contributed by atoms with Gasteiger partial charge in [0.05, 0.1) is 18.8 Å². The van der Waals surface area contributed by atoms with Gasteiger partial charge in [0, 0.05) is 45.9 Å². The van der Waals surface area contributed by atoms with Crippen LogP contribution in [-0.4, -0.2) is 98.0 Å². The molecule has 0 bridgehead atoms. The first-order valence-corrected chi connectivity index (χ1v) is 9.12. The smallest absolute Gasteiger partial charge is 0.248 e. The summed E-state index contributed by atoms with van der Waals surface area (Å²) in [5, 5.41) is 12.9. The molecule has 0 aromatic carbocycles. The number of likely N-dealkylation sites (tertiary alicyclic amines) is 2. The molecule has 2 saturated heterocycles. The van der Waals surface area contributed by atoms with E-state index in [4.69, 9.17) is 9.47 Å². The first-order valence-electron chi connectivity index (χ1n) is 9.12. The van der Waals surface area contributed by atoms with Crippen molar-refractivity contribution in [2.75, 3.05) is 53.1 Å². The van der Waals surface area contributed by atoms with E-state index in [1.54, 1.807) is 7.11 Å². The number of carbonyl (C=O) groups is 2. The highest BCUT2D eigenvalue weighted by atomic mass is 16.5. The Morgan fingerprint density at radius 3 is 2.64 bits per heavy atom. The highest BCUT2D eigenvalue weighted by Gasteiger charge is 2.40. The highest BCUT2D eigenvalue weighted by Crippen LogP contribution is 2.26. The normalized spacial score (nSPS) is 25.3. The summed E-state index contributed by atoms with van der Waals surface area (Å²) in [7, 11) is 1.60. The average molecular weight is 357 g/mol. The van der Waals surface area contributed by atoms with Gasteiger partial charge in [-0.2, -0.15) is 0 Å². The molecule has 8 heteroatoms. The molecular weight excluding hydrogens is 326 g/mol. The van der Waals surface area contributed by atoms with E-state index in [9.17, 15) is 14.7 Å². The van der Waals surface area contributed by atoms with Crippen LogP contribution in [0.1, 0.15) is 26.2 Å². The summed E-state index contributed by atoms with van der Waals surface area (Å²) < 4.78 is 10.1. The fourth-order valence-corrected chi connectivity index (χ4v) is 3.62. The van der Waals surface area contributed by atoms with Crippen molar-refractivity contribution in [3.8, 4) is 0 Å². The molecule has 0 aromatic rings. The van der Waals surface area contributed by atoms with Crippen LogP contribution in [0.3, 0.4) is 0 Å². The van der Waals surface area contributed by atoms with E-state index in [0.29, 0.717) is 45.8 Å². The number of β-amino-alcohol motifs (C(OH)–C–C–N with tert-alkyl or cyclic N) is 1. The molecule has 2 N–H and O–H groups in total. The lowest BCUT2D eigenvalue weighted by Gasteiger charge is -2.38. The summed E-state index contributed by atoms with van der Waals surface area (Å²) in [6.07, 6.45) is 1.61. The minimum absolute atomic E-state index is 0.0237. The second-order valence-corrected chi connectivity index (χ2v) is 6.64. The lowest BCUT2D eigenvalue weighted by Crippen LogP contribution is -2.52. The number of carbonyl (C=O) groups excluding carboxylic acids is 2. The maximum absolute atomic E-state index is 12.4. The molecule has 2 aliphatic heterocycles. The fourth-order valence-electron chi connectivity index (χ4n) is 3.62. The Hall–Kier alpha value is -1.22. The number of rotatable bonds is 8. The Balaban J connectivity index is 1.85. The van der Waals surface area contributed by atoms with Crippen molar-refractivity contribution in [3.63, 3.8) is 0 Å². The number of hydrogen-bond donors (Lipinski definition) is 2. The predicted molar refractivity (Wildman–Crippen MR) is 92.1 cm³/mol. The Labute approximate surface area is 149 Å². The van der Waals surface area contributed by atoms with E-state index in [0.717, 1.165) is 12.8 Å². The van der Waals surface area contributed by atoms with Gasteiger partial charge in [-0.3, -0.25) is 14.5 Å². The SMILES string of the molecule is CCOCC(=O)N1CCC(N2C[C@H](O)C[C@H]2C(=O)NCCOC)CC1. The molecule has 0 unspecified atom stereocenters. The monoisotopic (exact) mass is 357 g/mol. The topological polar surface area (TPSA) is 91.3 Å². The quantitative estimate of drug-likeness (QED) is 0.554. The molecular formula is C17H31N3O5. The molecule has 2 rings (SSSR count). The fraction of sp³-hybridized carbons (Fsp3) is 0.882. The van der Waals surface area contributed by atoms with Crippen LogP contribution in [0.2, 0.25) is 0 Å². The van der Waals surface area contributed by atoms with Crippen molar-refractivity contribution in [1.29, 1.82) is 0 Å². The Bertz CT molecular complexity index is 440. The molecule has 0 aliphatic carbocycles. The van der Waals surface area contributed by atoms with Crippen molar-refractivity contribution in [1.82, 2.24) is 15.1 Å². The van der Waals surface area contributed by atoms with Crippen LogP contribution in [0.15, 0.2) is 0 Å². The molecule has 8 nitrogen and oxygen atoms in total. The summed E-state index contributed by atoms with van der Waals surface area (Å²) in [4.78, 5) is 28.4. The van der Waals surface area contributed by atoms with Crippen LogP contribution >= 0.6 is 0 Å².